The normalized spacial score (nSPS) is 15.3. The molecule has 1 atom stereocenters. The standard InChI is InChI=1S/C32H35N3O4S/c1-25-11-8-9-16-28(25)24-40(37,38)32-33-20-29(35(32)21-27-14-6-3-7-15-27)22-34(23-30-17-10-18-39-30)31(36)19-26-12-4-2-5-13-26/h2-9,11-16,20,30H,10,17-19,21-24H2,1H3/t30-/m1/s1. The molecule has 1 aromatic heterocycles. The van der Waals surface area contributed by atoms with Crippen molar-refractivity contribution in [1.82, 2.24) is 14.5 Å². The number of carbonyl (C=O) groups is 1. The van der Waals surface area contributed by atoms with Crippen LogP contribution in [0.1, 0.15) is 40.8 Å². The van der Waals surface area contributed by atoms with Crippen molar-refractivity contribution in [3.63, 3.8) is 0 Å². The maximum absolute atomic E-state index is 13.7. The number of amides is 1. The number of hydrogen-bond acceptors (Lipinski definition) is 5. The lowest BCUT2D eigenvalue weighted by molar-refractivity contribution is -0.132. The Labute approximate surface area is 236 Å². The fourth-order valence-electron chi connectivity index (χ4n) is 5.11. The second kappa shape index (κ2) is 12.6. The Morgan fingerprint density at radius 3 is 2.33 bits per heavy atom. The second-order valence-electron chi connectivity index (χ2n) is 10.4. The number of ether oxygens (including phenoxy) is 1. The van der Waals surface area contributed by atoms with Gasteiger partial charge in [-0.15, -0.1) is 0 Å². The molecule has 5 rings (SSSR count). The third kappa shape index (κ3) is 6.87. The smallest absolute Gasteiger partial charge is 0.228 e. The van der Waals surface area contributed by atoms with Crippen LogP contribution in [-0.4, -0.2) is 48.0 Å². The quantitative estimate of drug-likeness (QED) is 0.260. The van der Waals surface area contributed by atoms with Crippen molar-refractivity contribution in [2.75, 3.05) is 13.2 Å². The topological polar surface area (TPSA) is 81.5 Å². The Morgan fingerprint density at radius 1 is 0.975 bits per heavy atom. The molecule has 1 amide bonds. The number of aromatic nitrogens is 2. The van der Waals surface area contributed by atoms with E-state index in [9.17, 15) is 13.2 Å². The van der Waals surface area contributed by atoms with E-state index in [2.05, 4.69) is 4.98 Å². The second-order valence-corrected chi connectivity index (χ2v) is 12.2. The minimum Gasteiger partial charge on any atom is -0.376 e. The van der Waals surface area contributed by atoms with Gasteiger partial charge in [-0.05, 0) is 42.0 Å². The first-order valence-electron chi connectivity index (χ1n) is 13.7. The van der Waals surface area contributed by atoms with E-state index in [-0.39, 0.29) is 35.9 Å². The summed E-state index contributed by atoms with van der Waals surface area (Å²) in [6.45, 7) is 3.63. The first-order valence-corrected chi connectivity index (χ1v) is 15.3. The maximum atomic E-state index is 13.7. The number of hydrogen-bond donors (Lipinski definition) is 0. The summed E-state index contributed by atoms with van der Waals surface area (Å²) in [5, 5.41) is 0.0159. The number of carbonyl (C=O) groups excluding carboxylic acids is 1. The molecule has 0 saturated carbocycles. The summed E-state index contributed by atoms with van der Waals surface area (Å²) < 4.78 is 35.1. The van der Waals surface area contributed by atoms with Gasteiger partial charge in [-0.2, -0.15) is 0 Å². The van der Waals surface area contributed by atoms with E-state index in [0.717, 1.165) is 35.1 Å². The van der Waals surface area contributed by atoms with Crippen LogP contribution in [0.5, 0.6) is 0 Å². The molecule has 7 nitrogen and oxygen atoms in total. The molecule has 0 radical (unpaired) electrons. The Kier molecular flexibility index (Phi) is 8.77. The van der Waals surface area contributed by atoms with Crippen molar-refractivity contribution in [2.45, 2.75) is 56.3 Å². The largest absolute Gasteiger partial charge is 0.376 e. The van der Waals surface area contributed by atoms with Gasteiger partial charge in [-0.3, -0.25) is 4.79 Å². The summed E-state index contributed by atoms with van der Waals surface area (Å²) in [7, 11) is -3.77. The summed E-state index contributed by atoms with van der Waals surface area (Å²) >= 11 is 0. The molecule has 0 bridgehead atoms. The summed E-state index contributed by atoms with van der Waals surface area (Å²) in [5.41, 5.74) is 4.23. The van der Waals surface area contributed by atoms with Crippen LogP contribution in [0, 0.1) is 6.92 Å². The van der Waals surface area contributed by atoms with E-state index in [1.54, 1.807) is 15.7 Å². The summed E-state index contributed by atoms with van der Waals surface area (Å²) in [6.07, 6.45) is 3.70. The van der Waals surface area contributed by atoms with Gasteiger partial charge in [0.2, 0.25) is 20.9 Å². The van der Waals surface area contributed by atoms with Crippen molar-refractivity contribution in [3.8, 4) is 0 Å². The van der Waals surface area contributed by atoms with E-state index < -0.39 is 9.84 Å². The molecule has 0 unspecified atom stereocenters. The van der Waals surface area contributed by atoms with Gasteiger partial charge in [-0.1, -0.05) is 84.9 Å². The predicted molar refractivity (Wildman–Crippen MR) is 154 cm³/mol. The molecule has 3 aromatic carbocycles. The van der Waals surface area contributed by atoms with Crippen LogP contribution >= 0.6 is 0 Å². The van der Waals surface area contributed by atoms with Gasteiger partial charge in [0.1, 0.15) is 0 Å². The molecular weight excluding hydrogens is 522 g/mol. The molecule has 208 valence electrons. The molecule has 0 aliphatic carbocycles. The summed E-state index contributed by atoms with van der Waals surface area (Å²) in [4.78, 5) is 19.8. The van der Waals surface area contributed by atoms with Crippen molar-refractivity contribution in [2.24, 2.45) is 0 Å². The number of benzene rings is 3. The summed E-state index contributed by atoms with van der Waals surface area (Å²) in [6, 6.07) is 26.9. The SMILES string of the molecule is Cc1ccccc1CS(=O)(=O)c1ncc(CN(C[C@H]2CCCO2)C(=O)Cc2ccccc2)n1Cc1ccccc1. The average molecular weight is 558 g/mol. The van der Waals surface area contributed by atoms with E-state index in [1.165, 1.54) is 0 Å². The lowest BCUT2D eigenvalue weighted by atomic mass is 10.1. The van der Waals surface area contributed by atoms with Gasteiger partial charge in [-0.25, -0.2) is 13.4 Å². The van der Waals surface area contributed by atoms with Gasteiger partial charge in [0.05, 0.1) is 43.3 Å². The van der Waals surface area contributed by atoms with Crippen LogP contribution in [0.4, 0.5) is 0 Å². The monoisotopic (exact) mass is 557 g/mol. The van der Waals surface area contributed by atoms with Crippen molar-refractivity contribution >= 4 is 15.7 Å². The molecule has 1 aliphatic rings. The first-order chi connectivity index (χ1) is 19.4. The zero-order chi connectivity index (χ0) is 28.0. The number of imidazole rings is 1. The minimum atomic E-state index is -3.77. The molecule has 8 heteroatoms. The third-order valence-corrected chi connectivity index (χ3v) is 8.90. The third-order valence-electron chi connectivity index (χ3n) is 7.32. The molecule has 2 heterocycles. The fraction of sp³-hybridized carbons (Fsp3) is 0.312. The van der Waals surface area contributed by atoms with Crippen molar-refractivity contribution < 1.29 is 17.9 Å². The van der Waals surface area contributed by atoms with Crippen LogP contribution in [-0.2, 0) is 44.6 Å². The average Bonchev–Trinajstić information content (AvgIpc) is 3.61. The Morgan fingerprint density at radius 2 is 1.65 bits per heavy atom. The lowest BCUT2D eigenvalue weighted by Crippen LogP contribution is -2.38. The van der Waals surface area contributed by atoms with Crippen LogP contribution in [0.2, 0.25) is 0 Å². The molecule has 4 aromatic rings. The van der Waals surface area contributed by atoms with Gasteiger partial charge >= 0.3 is 0 Å². The highest BCUT2D eigenvalue weighted by atomic mass is 32.2. The van der Waals surface area contributed by atoms with Gasteiger partial charge < -0.3 is 14.2 Å². The number of sulfone groups is 1. The molecule has 40 heavy (non-hydrogen) atoms. The zero-order valence-corrected chi connectivity index (χ0v) is 23.6. The molecule has 0 spiro atoms. The molecular formula is C32H35N3O4S. The van der Waals surface area contributed by atoms with Crippen molar-refractivity contribution in [3.05, 3.63) is 119 Å². The molecule has 1 saturated heterocycles. The highest BCUT2D eigenvalue weighted by Gasteiger charge is 2.28. The highest BCUT2D eigenvalue weighted by molar-refractivity contribution is 7.90. The van der Waals surface area contributed by atoms with Gasteiger partial charge in [0.15, 0.2) is 0 Å². The number of rotatable bonds is 11. The molecule has 1 aliphatic heterocycles. The van der Waals surface area contributed by atoms with Crippen molar-refractivity contribution in [1.29, 1.82) is 0 Å². The highest BCUT2D eigenvalue weighted by Crippen LogP contribution is 2.23. The lowest BCUT2D eigenvalue weighted by Gasteiger charge is -2.26. The van der Waals surface area contributed by atoms with Gasteiger partial charge in [0, 0.05) is 13.2 Å². The number of aryl methyl sites for hydroxylation is 1. The van der Waals surface area contributed by atoms with Crippen LogP contribution in [0.25, 0.3) is 0 Å². The minimum absolute atomic E-state index is 0.0159. The van der Waals surface area contributed by atoms with Crippen LogP contribution in [0.15, 0.2) is 96.3 Å². The van der Waals surface area contributed by atoms with E-state index in [4.69, 9.17) is 4.74 Å². The van der Waals surface area contributed by atoms with Crippen LogP contribution in [0.3, 0.4) is 0 Å². The Balaban J connectivity index is 1.48. The summed E-state index contributed by atoms with van der Waals surface area (Å²) in [5.74, 6) is -0.171. The van der Waals surface area contributed by atoms with Crippen LogP contribution < -0.4 is 0 Å². The van der Waals surface area contributed by atoms with E-state index in [1.807, 2.05) is 91.9 Å². The predicted octanol–water partition coefficient (Wildman–Crippen LogP) is 4.96. The fourth-order valence-corrected chi connectivity index (χ4v) is 6.70. The zero-order valence-electron chi connectivity index (χ0n) is 22.8. The Hall–Kier alpha value is -3.75. The van der Waals surface area contributed by atoms with E-state index >= 15 is 0 Å². The Bertz CT molecular complexity index is 1530. The molecule has 1 fully saturated rings. The first kappa shape index (κ1) is 27.8. The number of nitrogens with zero attached hydrogens (tertiary/aromatic N) is 3. The van der Waals surface area contributed by atoms with E-state index in [0.29, 0.717) is 25.4 Å². The van der Waals surface area contributed by atoms with Gasteiger partial charge in [0.25, 0.3) is 0 Å². The molecule has 0 N–H and O–H groups in total. The maximum Gasteiger partial charge on any atom is 0.228 e.